The Morgan fingerprint density at radius 3 is 2.64 bits per heavy atom. The van der Waals surface area contributed by atoms with Crippen molar-refractivity contribution in [2.75, 3.05) is 20.1 Å². The molecule has 0 aromatic carbocycles. The van der Waals surface area contributed by atoms with Gasteiger partial charge in [0.1, 0.15) is 0 Å². The van der Waals surface area contributed by atoms with Gasteiger partial charge in [-0.25, -0.2) is 0 Å². The first-order valence-corrected chi connectivity index (χ1v) is 6.30. The summed E-state index contributed by atoms with van der Waals surface area (Å²) in [5, 5.41) is 3.57. The molecule has 14 heavy (non-hydrogen) atoms. The van der Waals surface area contributed by atoms with E-state index in [4.69, 9.17) is 0 Å². The number of hydrogen-bond donors (Lipinski definition) is 1. The number of rotatable bonds is 5. The zero-order chi connectivity index (χ0) is 9.80. The van der Waals surface area contributed by atoms with Gasteiger partial charge in [0, 0.05) is 12.1 Å². The van der Waals surface area contributed by atoms with Gasteiger partial charge in [-0.1, -0.05) is 6.42 Å². The quantitative estimate of drug-likeness (QED) is 0.723. The number of hydrogen-bond acceptors (Lipinski definition) is 2. The molecule has 1 saturated heterocycles. The molecule has 1 atom stereocenters. The molecule has 0 spiro atoms. The average Bonchev–Trinajstić information content (AvgIpc) is 2.53. The highest BCUT2D eigenvalue weighted by molar-refractivity contribution is 4.79. The SMILES string of the molecule is CN(CCCC1CCCN1)C1CCC1. The molecule has 1 unspecified atom stereocenters. The third-order valence-corrected chi connectivity index (χ3v) is 3.92. The topological polar surface area (TPSA) is 15.3 Å². The average molecular weight is 196 g/mol. The zero-order valence-corrected chi connectivity index (χ0v) is 9.47. The second kappa shape index (κ2) is 5.13. The largest absolute Gasteiger partial charge is 0.314 e. The fourth-order valence-electron chi connectivity index (χ4n) is 2.60. The van der Waals surface area contributed by atoms with E-state index in [1.807, 2.05) is 0 Å². The first-order chi connectivity index (χ1) is 6.86. The van der Waals surface area contributed by atoms with Crippen molar-refractivity contribution in [1.29, 1.82) is 0 Å². The molecule has 0 bridgehead atoms. The number of nitrogens with zero attached hydrogens (tertiary/aromatic N) is 1. The molecule has 2 heteroatoms. The van der Waals surface area contributed by atoms with Crippen molar-refractivity contribution >= 4 is 0 Å². The van der Waals surface area contributed by atoms with E-state index < -0.39 is 0 Å². The minimum absolute atomic E-state index is 0.838. The third-order valence-electron chi connectivity index (χ3n) is 3.92. The highest BCUT2D eigenvalue weighted by Gasteiger charge is 2.21. The Labute approximate surface area is 88.1 Å². The van der Waals surface area contributed by atoms with E-state index in [9.17, 15) is 0 Å². The van der Waals surface area contributed by atoms with Gasteiger partial charge in [-0.3, -0.25) is 0 Å². The highest BCUT2D eigenvalue weighted by Crippen LogP contribution is 2.23. The molecule has 1 heterocycles. The minimum Gasteiger partial charge on any atom is -0.314 e. The Balaban J connectivity index is 1.52. The van der Waals surface area contributed by atoms with Crippen LogP contribution >= 0.6 is 0 Å². The second-order valence-corrected chi connectivity index (χ2v) is 5.00. The predicted octanol–water partition coefficient (Wildman–Crippen LogP) is 2.00. The van der Waals surface area contributed by atoms with Crippen molar-refractivity contribution in [1.82, 2.24) is 10.2 Å². The van der Waals surface area contributed by atoms with Gasteiger partial charge in [0.15, 0.2) is 0 Å². The fraction of sp³-hybridized carbons (Fsp3) is 1.00. The molecule has 0 aromatic rings. The summed E-state index contributed by atoms with van der Waals surface area (Å²) in [5.41, 5.74) is 0. The van der Waals surface area contributed by atoms with Crippen LogP contribution in [0.5, 0.6) is 0 Å². The Morgan fingerprint density at radius 1 is 1.21 bits per heavy atom. The summed E-state index contributed by atoms with van der Waals surface area (Å²) in [6.07, 6.45) is 9.91. The Kier molecular flexibility index (Phi) is 3.82. The van der Waals surface area contributed by atoms with Gasteiger partial charge in [-0.05, 0) is 58.7 Å². The summed E-state index contributed by atoms with van der Waals surface area (Å²) in [4.78, 5) is 2.57. The van der Waals surface area contributed by atoms with Crippen LogP contribution in [0.1, 0.15) is 44.9 Å². The fourth-order valence-corrected chi connectivity index (χ4v) is 2.60. The van der Waals surface area contributed by atoms with E-state index in [1.165, 1.54) is 58.0 Å². The van der Waals surface area contributed by atoms with Crippen LogP contribution in [-0.4, -0.2) is 37.1 Å². The standard InChI is InChI=1S/C12H24N2/c1-14(12-7-2-8-12)10-4-6-11-5-3-9-13-11/h11-13H,2-10H2,1H3. The summed E-state index contributed by atoms with van der Waals surface area (Å²) in [7, 11) is 2.30. The zero-order valence-electron chi connectivity index (χ0n) is 9.47. The molecular formula is C12H24N2. The third kappa shape index (κ3) is 2.71. The van der Waals surface area contributed by atoms with E-state index in [0.29, 0.717) is 0 Å². The summed E-state index contributed by atoms with van der Waals surface area (Å²) in [5.74, 6) is 0. The van der Waals surface area contributed by atoms with Gasteiger partial charge in [0.2, 0.25) is 0 Å². The monoisotopic (exact) mass is 196 g/mol. The van der Waals surface area contributed by atoms with Crippen LogP contribution in [0, 0.1) is 0 Å². The molecule has 2 aliphatic rings. The maximum absolute atomic E-state index is 3.57. The van der Waals surface area contributed by atoms with E-state index >= 15 is 0 Å². The van der Waals surface area contributed by atoms with Crippen LogP contribution in [0.2, 0.25) is 0 Å². The molecule has 2 nitrogen and oxygen atoms in total. The maximum Gasteiger partial charge on any atom is 0.00922 e. The van der Waals surface area contributed by atoms with E-state index in [2.05, 4.69) is 17.3 Å². The molecule has 0 radical (unpaired) electrons. The maximum atomic E-state index is 3.57. The lowest BCUT2D eigenvalue weighted by Gasteiger charge is -2.34. The van der Waals surface area contributed by atoms with Gasteiger partial charge < -0.3 is 10.2 Å². The van der Waals surface area contributed by atoms with Crippen molar-refractivity contribution in [3.63, 3.8) is 0 Å². The van der Waals surface area contributed by atoms with Crippen LogP contribution in [0.4, 0.5) is 0 Å². The van der Waals surface area contributed by atoms with E-state index in [-0.39, 0.29) is 0 Å². The molecule has 2 rings (SSSR count). The van der Waals surface area contributed by atoms with Crippen molar-refractivity contribution in [3.05, 3.63) is 0 Å². The van der Waals surface area contributed by atoms with Crippen molar-refractivity contribution in [2.45, 2.75) is 57.0 Å². The molecule has 82 valence electrons. The van der Waals surface area contributed by atoms with Crippen LogP contribution < -0.4 is 5.32 Å². The molecule has 1 N–H and O–H groups in total. The summed E-state index contributed by atoms with van der Waals surface area (Å²) in [6, 6.07) is 1.76. The van der Waals surface area contributed by atoms with Gasteiger partial charge in [-0.15, -0.1) is 0 Å². The van der Waals surface area contributed by atoms with E-state index in [0.717, 1.165) is 12.1 Å². The number of nitrogens with one attached hydrogen (secondary N) is 1. The molecule has 0 aromatic heterocycles. The Morgan fingerprint density at radius 2 is 2.07 bits per heavy atom. The normalized spacial score (nSPS) is 28.3. The van der Waals surface area contributed by atoms with Crippen LogP contribution in [0.3, 0.4) is 0 Å². The first kappa shape index (κ1) is 10.4. The molecule has 1 aliphatic carbocycles. The predicted molar refractivity (Wildman–Crippen MR) is 60.5 cm³/mol. The Hall–Kier alpha value is -0.0800. The van der Waals surface area contributed by atoms with Crippen molar-refractivity contribution in [3.8, 4) is 0 Å². The van der Waals surface area contributed by atoms with Crippen LogP contribution in [0.15, 0.2) is 0 Å². The molecule has 1 saturated carbocycles. The molecular weight excluding hydrogens is 172 g/mol. The van der Waals surface area contributed by atoms with Gasteiger partial charge in [0.25, 0.3) is 0 Å². The lowest BCUT2D eigenvalue weighted by molar-refractivity contribution is 0.156. The second-order valence-electron chi connectivity index (χ2n) is 5.00. The van der Waals surface area contributed by atoms with Crippen molar-refractivity contribution in [2.24, 2.45) is 0 Å². The Bertz CT molecular complexity index is 160. The molecule has 2 fully saturated rings. The molecule has 1 aliphatic heterocycles. The smallest absolute Gasteiger partial charge is 0.00922 e. The first-order valence-electron chi connectivity index (χ1n) is 6.30. The van der Waals surface area contributed by atoms with Crippen LogP contribution in [-0.2, 0) is 0 Å². The van der Waals surface area contributed by atoms with Gasteiger partial charge in [0.05, 0.1) is 0 Å². The minimum atomic E-state index is 0.838. The summed E-state index contributed by atoms with van der Waals surface area (Å²) in [6.45, 7) is 2.56. The summed E-state index contributed by atoms with van der Waals surface area (Å²) < 4.78 is 0. The highest BCUT2D eigenvalue weighted by atomic mass is 15.1. The van der Waals surface area contributed by atoms with Gasteiger partial charge >= 0.3 is 0 Å². The lowest BCUT2D eigenvalue weighted by atomic mass is 9.91. The van der Waals surface area contributed by atoms with Crippen LogP contribution in [0.25, 0.3) is 0 Å². The molecule has 0 amide bonds. The van der Waals surface area contributed by atoms with Gasteiger partial charge in [-0.2, -0.15) is 0 Å². The summed E-state index contributed by atoms with van der Waals surface area (Å²) >= 11 is 0. The van der Waals surface area contributed by atoms with Crippen molar-refractivity contribution < 1.29 is 0 Å². The lowest BCUT2D eigenvalue weighted by Crippen LogP contribution is -2.38. The van der Waals surface area contributed by atoms with E-state index in [1.54, 1.807) is 0 Å².